The highest BCUT2D eigenvalue weighted by atomic mass is 16.5. The molecule has 1 amide bonds. The van der Waals surface area contributed by atoms with Crippen molar-refractivity contribution in [1.82, 2.24) is 14.9 Å². The number of benzene rings is 2. The van der Waals surface area contributed by atoms with Gasteiger partial charge in [0.1, 0.15) is 19.0 Å². The maximum Gasteiger partial charge on any atom is 0.289 e. The molecule has 1 saturated heterocycles. The molecule has 1 atom stereocenters. The smallest absolute Gasteiger partial charge is 0.289 e. The fourth-order valence-electron chi connectivity index (χ4n) is 3.60. The summed E-state index contributed by atoms with van der Waals surface area (Å²) in [6.45, 7) is 1.58. The lowest BCUT2D eigenvalue weighted by atomic mass is 10.2. The molecule has 7 heteroatoms. The highest BCUT2D eigenvalue weighted by molar-refractivity contribution is 5.91. The summed E-state index contributed by atoms with van der Waals surface area (Å²) in [6.07, 6.45) is 1.20. The lowest BCUT2D eigenvalue weighted by Crippen LogP contribution is -2.47. The van der Waals surface area contributed by atoms with Gasteiger partial charge >= 0.3 is 0 Å². The van der Waals surface area contributed by atoms with Crippen LogP contribution in [0.1, 0.15) is 21.9 Å². The Morgan fingerprint density at radius 1 is 1.03 bits per heavy atom. The number of hydrogen-bond donors (Lipinski definition) is 0. The van der Waals surface area contributed by atoms with Gasteiger partial charge in [-0.05, 0) is 42.3 Å². The minimum Gasteiger partial charge on any atom is -0.474 e. The number of hydrogen-bond acceptors (Lipinski definition) is 6. The van der Waals surface area contributed by atoms with Gasteiger partial charge in [-0.1, -0.05) is 36.3 Å². The van der Waals surface area contributed by atoms with E-state index in [1.165, 1.54) is 6.33 Å². The largest absolute Gasteiger partial charge is 0.474 e. The Balaban J connectivity index is 1.21. The molecule has 4 aromatic rings. The highest BCUT2D eigenvalue weighted by Crippen LogP contribution is 2.21. The number of carbonyl (C=O) groups is 1. The van der Waals surface area contributed by atoms with Crippen LogP contribution in [-0.2, 0) is 4.74 Å². The van der Waals surface area contributed by atoms with Crippen LogP contribution < -0.4 is 4.74 Å². The molecule has 3 heterocycles. The molecule has 0 aliphatic carbocycles. The molecular weight excluding hydrogens is 418 g/mol. The number of ether oxygens (including phenoxy) is 2. The predicted molar refractivity (Wildman–Crippen MR) is 122 cm³/mol. The van der Waals surface area contributed by atoms with Crippen LogP contribution in [0.25, 0.3) is 10.9 Å². The summed E-state index contributed by atoms with van der Waals surface area (Å²) in [7, 11) is 0. The number of rotatable bonds is 4. The van der Waals surface area contributed by atoms with Crippen LogP contribution in [0.3, 0.4) is 0 Å². The van der Waals surface area contributed by atoms with Crippen molar-refractivity contribution in [1.29, 1.82) is 0 Å². The second-order valence-electron chi connectivity index (χ2n) is 7.53. The van der Waals surface area contributed by atoms with E-state index < -0.39 is 0 Å². The third-order valence-electron chi connectivity index (χ3n) is 5.26. The number of nitrogens with zero attached hydrogens (tertiary/aromatic N) is 3. The zero-order valence-electron chi connectivity index (χ0n) is 17.8. The van der Waals surface area contributed by atoms with Crippen molar-refractivity contribution in [3.05, 3.63) is 90.1 Å². The molecule has 164 valence electrons. The third-order valence-corrected chi connectivity index (χ3v) is 5.26. The number of fused-ring (bicyclic) bond motifs is 1. The molecule has 1 aliphatic rings. The molecule has 7 nitrogen and oxygen atoms in total. The van der Waals surface area contributed by atoms with Gasteiger partial charge in [0.15, 0.2) is 11.5 Å². The van der Waals surface area contributed by atoms with Crippen LogP contribution in [0.2, 0.25) is 0 Å². The van der Waals surface area contributed by atoms with Gasteiger partial charge in [-0.15, -0.1) is 0 Å². The summed E-state index contributed by atoms with van der Waals surface area (Å²) < 4.78 is 17.4. The Bertz CT molecular complexity index is 1320. The first kappa shape index (κ1) is 20.7. The third kappa shape index (κ3) is 4.86. The molecule has 0 N–H and O–H groups in total. The van der Waals surface area contributed by atoms with E-state index in [0.717, 1.165) is 16.5 Å². The fourth-order valence-corrected chi connectivity index (χ4v) is 3.60. The van der Waals surface area contributed by atoms with Gasteiger partial charge in [0.2, 0.25) is 5.88 Å². The topological polar surface area (TPSA) is 77.7 Å². The van der Waals surface area contributed by atoms with Crippen LogP contribution in [0, 0.1) is 11.8 Å². The molecule has 0 radical (unpaired) electrons. The lowest BCUT2D eigenvalue weighted by Gasteiger charge is -2.32. The van der Waals surface area contributed by atoms with Gasteiger partial charge in [-0.25, -0.2) is 9.97 Å². The molecular formula is C26H21N3O4. The molecule has 0 saturated carbocycles. The van der Waals surface area contributed by atoms with Gasteiger partial charge < -0.3 is 18.8 Å². The Hall–Kier alpha value is -4.15. The number of furan rings is 1. The minimum atomic E-state index is -0.274. The summed E-state index contributed by atoms with van der Waals surface area (Å²) in [5, 5.41) is 0.837. The number of para-hydroxylation sites is 1. The van der Waals surface area contributed by atoms with E-state index in [1.807, 2.05) is 54.6 Å². The Kier molecular flexibility index (Phi) is 6.00. The summed E-state index contributed by atoms with van der Waals surface area (Å²) >= 11 is 0. The van der Waals surface area contributed by atoms with Crippen molar-refractivity contribution in [3.63, 3.8) is 0 Å². The molecule has 5 rings (SSSR count). The van der Waals surface area contributed by atoms with E-state index in [-0.39, 0.29) is 24.4 Å². The Morgan fingerprint density at radius 3 is 2.79 bits per heavy atom. The van der Waals surface area contributed by atoms with Crippen LogP contribution in [0.5, 0.6) is 5.88 Å². The van der Waals surface area contributed by atoms with Gasteiger partial charge in [0.25, 0.3) is 5.91 Å². The lowest BCUT2D eigenvalue weighted by molar-refractivity contribution is -0.0412. The first-order valence-electron chi connectivity index (χ1n) is 10.7. The average molecular weight is 439 g/mol. The monoisotopic (exact) mass is 439 g/mol. The first-order chi connectivity index (χ1) is 16.3. The second-order valence-corrected chi connectivity index (χ2v) is 7.53. The molecule has 0 spiro atoms. The number of carbonyl (C=O) groups excluding carboxylic acids is 1. The van der Waals surface area contributed by atoms with Crippen LogP contribution >= 0.6 is 0 Å². The zero-order valence-corrected chi connectivity index (χ0v) is 17.8. The van der Waals surface area contributed by atoms with E-state index in [4.69, 9.17) is 13.9 Å². The molecule has 1 unspecified atom stereocenters. The van der Waals surface area contributed by atoms with Gasteiger partial charge in [0, 0.05) is 12.1 Å². The van der Waals surface area contributed by atoms with E-state index in [2.05, 4.69) is 21.8 Å². The fraction of sp³-hybridized carbons (Fsp3) is 0.192. The van der Waals surface area contributed by atoms with Crippen molar-refractivity contribution < 1.29 is 18.7 Å². The van der Waals surface area contributed by atoms with Crippen LogP contribution in [-0.4, -0.2) is 53.2 Å². The van der Waals surface area contributed by atoms with Crippen molar-refractivity contribution in [2.75, 3.05) is 26.3 Å². The predicted octanol–water partition coefficient (Wildman–Crippen LogP) is 3.54. The van der Waals surface area contributed by atoms with E-state index in [0.29, 0.717) is 31.3 Å². The van der Waals surface area contributed by atoms with Crippen LogP contribution in [0.4, 0.5) is 0 Å². The second kappa shape index (κ2) is 9.55. The number of amides is 1. The zero-order chi connectivity index (χ0) is 22.5. The highest BCUT2D eigenvalue weighted by Gasteiger charge is 2.27. The normalized spacial score (nSPS) is 15.6. The molecule has 0 bridgehead atoms. The van der Waals surface area contributed by atoms with Gasteiger partial charge in [-0.3, -0.25) is 4.79 Å². The summed E-state index contributed by atoms with van der Waals surface area (Å²) in [5.74, 6) is 7.01. The van der Waals surface area contributed by atoms with Gasteiger partial charge in [-0.2, -0.15) is 0 Å². The molecule has 2 aromatic heterocycles. The van der Waals surface area contributed by atoms with Crippen molar-refractivity contribution in [3.8, 4) is 17.7 Å². The van der Waals surface area contributed by atoms with E-state index in [1.54, 1.807) is 17.0 Å². The van der Waals surface area contributed by atoms with Crippen molar-refractivity contribution >= 4 is 16.8 Å². The first-order valence-corrected chi connectivity index (χ1v) is 10.7. The van der Waals surface area contributed by atoms with Crippen LogP contribution in [0.15, 0.2) is 77.5 Å². The van der Waals surface area contributed by atoms with Gasteiger partial charge in [0.05, 0.1) is 24.1 Å². The summed E-state index contributed by atoms with van der Waals surface area (Å²) in [6, 6.07) is 20.6. The Morgan fingerprint density at radius 2 is 1.88 bits per heavy atom. The standard InChI is InChI=1S/C26H21N3O4/c30-26(24-13-12-20(33-24)11-10-19-6-2-1-3-7-19)29-14-15-31-21(16-29)17-32-25-22-8-4-5-9-23(22)27-18-28-25/h1-9,12-13,18,21H,14-17H2. The summed E-state index contributed by atoms with van der Waals surface area (Å²) in [5.41, 5.74) is 1.70. The maximum atomic E-state index is 12.9. The summed E-state index contributed by atoms with van der Waals surface area (Å²) in [4.78, 5) is 23.1. The van der Waals surface area contributed by atoms with E-state index >= 15 is 0 Å². The average Bonchev–Trinajstić information content (AvgIpc) is 3.36. The SMILES string of the molecule is O=C(c1ccc(C#Cc2ccccc2)o1)N1CCOC(COc2ncnc3ccccc23)C1. The molecule has 1 fully saturated rings. The van der Waals surface area contributed by atoms with E-state index in [9.17, 15) is 4.79 Å². The molecule has 1 aliphatic heterocycles. The Labute approximate surface area is 191 Å². The number of aromatic nitrogens is 2. The quantitative estimate of drug-likeness (QED) is 0.453. The number of morpholine rings is 1. The van der Waals surface area contributed by atoms with Crippen molar-refractivity contribution in [2.45, 2.75) is 6.10 Å². The molecule has 33 heavy (non-hydrogen) atoms. The minimum absolute atomic E-state index is 0.191. The maximum absolute atomic E-state index is 12.9. The van der Waals surface area contributed by atoms with Crippen molar-refractivity contribution in [2.24, 2.45) is 0 Å². The molecule has 2 aromatic carbocycles.